The van der Waals surface area contributed by atoms with E-state index in [1.807, 2.05) is 30.5 Å². The summed E-state index contributed by atoms with van der Waals surface area (Å²) >= 11 is 6.02. The molecule has 1 aromatic heterocycles. The number of H-pyrrole nitrogens is 1. The molecular formula is C23H21ClN4O3. The molecule has 2 saturated heterocycles. The first-order valence-electron chi connectivity index (χ1n) is 10.2. The van der Waals surface area contributed by atoms with Crippen LogP contribution in [0.25, 0.3) is 10.9 Å². The van der Waals surface area contributed by atoms with Gasteiger partial charge in [0.05, 0.1) is 6.54 Å². The maximum atomic E-state index is 13.1. The predicted octanol–water partition coefficient (Wildman–Crippen LogP) is 3.55. The summed E-state index contributed by atoms with van der Waals surface area (Å²) in [5.41, 5.74) is 1.44. The predicted molar refractivity (Wildman–Crippen MR) is 117 cm³/mol. The van der Waals surface area contributed by atoms with Gasteiger partial charge >= 0.3 is 6.03 Å². The quantitative estimate of drug-likeness (QED) is 0.616. The van der Waals surface area contributed by atoms with Gasteiger partial charge in [-0.25, -0.2) is 4.79 Å². The molecule has 2 N–H and O–H groups in total. The largest absolute Gasteiger partial charge is 0.361 e. The minimum absolute atomic E-state index is 0.0643. The van der Waals surface area contributed by atoms with E-state index < -0.39 is 11.6 Å². The zero-order chi connectivity index (χ0) is 21.6. The van der Waals surface area contributed by atoms with Crippen molar-refractivity contribution in [3.05, 3.63) is 70.9 Å². The van der Waals surface area contributed by atoms with Crippen molar-refractivity contribution in [2.24, 2.45) is 0 Å². The summed E-state index contributed by atoms with van der Waals surface area (Å²) in [5, 5.41) is 4.43. The highest BCUT2D eigenvalue weighted by atomic mass is 35.5. The lowest BCUT2D eigenvalue weighted by Gasteiger charge is -2.37. The number of aromatic nitrogens is 1. The Morgan fingerprint density at radius 3 is 2.65 bits per heavy atom. The molecule has 2 aliphatic rings. The molecule has 0 radical (unpaired) electrons. The Balaban J connectivity index is 1.28. The van der Waals surface area contributed by atoms with Crippen LogP contribution in [0, 0.1) is 0 Å². The summed E-state index contributed by atoms with van der Waals surface area (Å²) in [5.74, 6) is -0.302. The van der Waals surface area contributed by atoms with Crippen LogP contribution in [-0.2, 0) is 11.3 Å². The molecule has 0 atom stereocenters. The zero-order valence-corrected chi connectivity index (χ0v) is 17.5. The number of fused-ring (bicyclic) bond motifs is 1. The maximum Gasteiger partial charge on any atom is 0.325 e. The topological polar surface area (TPSA) is 85.5 Å². The van der Waals surface area contributed by atoms with Crippen molar-refractivity contribution in [1.29, 1.82) is 0 Å². The molecule has 158 valence electrons. The van der Waals surface area contributed by atoms with Crippen LogP contribution in [0.2, 0.25) is 5.02 Å². The number of hydrogen-bond donors (Lipinski definition) is 2. The summed E-state index contributed by atoms with van der Waals surface area (Å²) < 4.78 is 0. The molecule has 4 amide bonds. The Morgan fingerprint density at radius 2 is 1.87 bits per heavy atom. The number of benzene rings is 2. The number of carbonyl (C=O) groups is 3. The molecule has 8 heteroatoms. The number of amides is 4. The number of aromatic amines is 1. The lowest BCUT2D eigenvalue weighted by molar-refractivity contribution is -0.133. The SMILES string of the molecule is O=C(c1ccc2[nH]ccc2c1)N1CCC2(CC1)NC(=O)N(Cc1cccc(Cl)c1)C2=O. The van der Waals surface area contributed by atoms with Crippen LogP contribution < -0.4 is 5.32 Å². The van der Waals surface area contributed by atoms with E-state index in [0.717, 1.165) is 16.5 Å². The third kappa shape index (κ3) is 3.45. The molecule has 31 heavy (non-hydrogen) atoms. The number of piperidine rings is 1. The van der Waals surface area contributed by atoms with Crippen molar-refractivity contribution in [3.8, 4) is 0 Å². The molecule has 0 bridgehead atoms. The van der Waals surface area contributed by atoms with E-state index in [-0.39, 0.29) is 18.4 Å². The summed E-state index contributed by atoms with van der Waals surface area (Å²) in [7, 11) is 0. The minimum Gasteiger partial charge on any atom is -0.361 e. The van der Waals surface area contributed by atoms with Gasteiger partial charge in [0.25, 0.3) is 11.8 Å². The van der Waals surface area contributed by atoms with Crippen molar-refractivity contribution in [3.63, 3.8) is 0 Å². The van der Waals surface area contributed by atoms with Crippen molar-refractivity contribution in [2.45, 2.75) is 24.9 Å². The normalized spacial score (nSPS) is 18.1. The highest BCUT2D eigenvalue weighted by Gasteiger charge is 2.52. The average molecular weight is 437 g/mol. The summed E-state index contributed by atoms with van der Waals surface area (Å²) in [6, 6.07) is 14.2. The first-order chi connectivity index (χ1) is 14.9. The van der Waals surface area contributed by atoms with Crippen molar-refractivity contribution in [2.75, 3.05) is 13.1 Å². The Kier molecular flexibility index (Phi) is 4.70. The van der Waals surface area contributed by atoms with Crippen LogP contribution in [0.1, 0.15) is 28.8 Å². The number of halogens is 1. The first kappa shape index (κ1) is 19.6. The summed E-state index contributed by atoms with van der Waals surface area (Å²) in [6.45, 7) is 0.981. The number of nitrogens with one attached hydrogen (secondary N) is 2. The molecule has 0 aliphatic carbocycles. The average Bonchev–Trinajstić information content (AvgIpc) is 3.32. The van der Waals surface area contributed by atoms with Gasteiger partial charge in [0, 0.05) is 40.8 Å². The van der Waals surface area contributed by atoms with E-state index in [1.54, 1.807) is 29.2 Å². The third-order valence-electron chi connectivity index (χ3n) is 6.18. The van der Waals surface area contributed by atoms with Gasteiger partial charge in [-0.3, -0.25) is 14.5 Å². The standard InChI is InChI=1S/C23H21ClN4O3/c24-18-3-1-2-15(12-18)14-28-21(30)23(26-22(28)31)7-10-27(11-8-23)20(29)17-4-5-19-16(13-17)6-9-25-19/h1-6,9,12-13,25H,7-8,10-11,14H2,(H,26,31). The van der Waals surface area contributed by atoms with Crippen LogP contribution in [0.3, 0.4) is 0 Å². The summed E-state index contributed by atoms with van der Waals surface area (Å²) in [6.07, 6.45) is 2.62. The second kappa shape index (κ2) is 7.42. The van der Waals surface area contributed by atoms with E-state index in [1.165, 1.54) is 4.90 Å². The minimum atomic E-state index is -0.947. The second-order valence-electron chi connectivity index (χ2n) is 8.11. The van der Waals surface area contributed by atoms with Gasteiger partial charge < -0.3 is 15.2 Å². The molecule has 3 heterocycles. The van der Waals surface area contributed by atoms with Crippen molar-refractivity contribution < 1.29 is 14.4 Å². The van der Waals surface area contributed by atoms with Gasteiger partial charge in [0.15, 0.2) is 0 Å². The first-order valence-corrected chi connectivity index (χ1v) is 10.6. The molecule has 5 rings (SSSR count). The van der Waals surface area contributed by atoms with Crippen LogP contribution in [0.5, 0.6) is 0 Å². The molecule has 3 aromatic rings. The van der Waals surface area contributed by atoms with Crippen LogP contribution in [-0.4, -0.2) is 51.3 Å². The van der Waals surface area contributed by atoms with E-state index >= 15 is 0 Å². The smallest absolute Gasteiger partial charge is 0.325 e. The number of nitrogens with zero attached hydrogens (tertiary/aromatic N) is 2. The molecule has 2 fully saturated rings. The Bertz CT molecular complexity index is 1200. The van der Waals surface area contributed by atoms with Gasteiger partial charge in [-0.05, 0) is 54.8 Å². The number of imide groups is 1. The van der Waals surface area contributed by atoms with Crippen LogP contribution in [0.4, 0.5) is 4.79 Å². The highest BCUT2D eigenvalue weighted by molar-refractivity contribution is 6.30. The van der Waals surface area contributed by atoms with Crippen LogP contribution >= 0.6 is 11.6 Å². The van der Waals surface area contributed by atoms with Gasteiger partial charge in [-0.2, -0.15) is 0 Å². The van der Waals surface area contributed by atoms with Gasteiger partial charge in [-0.15, -0.1) is 0 Å². The molecular weight excluding hydrogens is 416 g/mol. The molecule has 0 unspecified atom stereocenters. The van der Waals surface area contributed by atoms with E-state index in [0.29, 0.717) is 36.5 Å². The Labute approximate surface area is 184 Å². The lowest BCUT2D eigenvalue weighted by atomic mass is 9.87. The number of carbonyl (C=O) groups excluding carboxylic acids is 3. The van der Waals surface area contributed by atoms with E-state index in [4.69, 9.17) is 11.6 Å². The van der Waals surface area contributed by atoms with Gasteiger partial charge in [0.1, 0.15) is 5.54 Å². The molecule has 2 aliphatic heterocycles. The van der Waals surface area contributed by atoms with Gasteiger partial charge in [-0.1, -0.05) is 23.7 Å². The van der Waals surface area contributed by atoms with Crippen molar-refractivity contribution in [1.82, 2.24) is 20.1 Å². The Morgan fingerprint density at radius 1 is 1.06 bits per heavy atom. The van der Waals surface area contributed by atoms with Crippen molar-refractivity contribution >= 4 is 40.3 Å². The molecule has 1 spiro atoms. The highest BCUT2D eigenvalue weighted by Crippen LogP contribution is 2.31. The third-order valence-corrected chi connectivity index (χ3v) is 6.42. The fourth-order valence-electron chi connectivity index (χ4n) is 4.44. The van der Waals surface area contributed by atoms with E-state index in [9.17, 15) is 14.4 Å². The second-order valence-corrected chi connectivity index (χ2v) is 8.54. The molecule has 0 saturated carbocycles. The number of urea groups is 1. The number of hydrogen-bond acceptors (Lipinski definition) is 3. The van der Waals surface area contributed by atoms with E-state index in [2.05, 4.69) is 10.3 Å². The van der Waals surface area contributed by atoms with Crippen LogP contribution in [0.15, 0.2) is 54.7 Å². The maximum absolute atomic E-state index is 13.1. The lowest BCUT2D eigenvalue weighted by Crippen LogP contribution is -2.55. The monoisotopic (exact) mass is 436 g/mol. The number of rotatable bonds is 3. The molecule has 2 aromatic carbocycles. The zero-order valence-electron chi connectivity index (χ0n) is 16.7. The number of likely N-dealkylation sites (tertiary alicyclic amines) is 1. The Hall–Kier alpha value is -3.32. The fraction of sp³-hybridized carbons (Fsp3) is 0.261. The molecule has 7 nitrogen and oxygen atoms in total. The van der Waals surface area contributed by atoms with Gasteiger partial charge in [0.2, 0.25) is 0 Å². The summed E-state index contributed by atoms with van der Waals surface area (Å²) in [4.78, 5) is 44.8. The fourth-order valence-corrected chi connectivity index (χ4v) is 4.65.